The number of thiazole rings is 1. The Kier molecular flexibility index (Phi) is 5.30. The number of fused-ring (bicyclic) bond motifs is 1. The van der Waals surface area contributed by atoms with Crippen LogP contribution < -0.4 is 0 Å². The van der Waals surface area contributed by atoms with Gasteiger partial charge in [0, 0.05) is 11.5 Å². The van der Waals surface area contributed by atoms with Gasteiger partial charge >= 0.3 is 0 Å². The molecule has 124 valence electrons. The summed E-state index contributed by atoms with van der Waals surface area (Å²) in [7, 11) is 0. The molecule has 3 nitrogen and oxygen atoms in total. The van der Waals surface area contributed by atoms with E-state index in [1.807, 2.05) is 17.6 Å². The van der Waals surface area contributed by atoms with Crippen molar-refractivity contribution < 1.29 is 0 Å². The Morgan fingerprint density at radius 1 is 0.720 bits per heavy atom. The summed E-state index contributed by atoms with van der Waals surface area (Å²) in [4.78, 5) is 4.53. The molecule has 0 spiro atoms. The van der Waals surface area contributed by atoms with Crippen molar-refractivity contribution in [3.05, 3.63) is 77.3 Å². The van der Waals surface area contributed by atoms with E-state index in [0.29, 0.717) is 0 Å². The summed E-state index contributed by atoms with van der Waals surface area (Å²) in [6.45, 7) is 0. The quantitative estimate of drug-likeness (QED) is 0.402. The average molecular weight is 382 g/mol. The summed E-state index contributed by atoms with van der Waals surface area (Å²) in [5, 5.41) is 10.8. The molecular weight excluding hydrogens is 366 g/mol. The molecule has 0 fully saturated rings. The second kappa shape index (κ2) is 7.99. The SMILES string of the molecule is c1ccc(CSc2nnc(SCc3ccccc3)c3scnc23)cc1. The number of thioether (sulfide) groups is 2. The molecule has 4 aromatic rings. The highest BCUT2D eigenvalue weighted by Crippen LogP contribution is 2.35. The second-order valence-corrected chi connectivity index (χ2v) is 8.17. The minimum Gasteiger partial charge on any atom is -0.242 e. The molecule has 2 aromatic carbocycles. The maximum atomic E-state index is 4.53. The maximum absolute atomic E-state index is 4.53. The van der Waals surface area contributed by atoms with E-state index in [2.05, 4.69) is 63.7 Å². The van der Waals surface area contributed by atoms with E-state index in [9.17, 15) is 0 Å². The van der Waals surface area contributed by atoms with Crippen LogP contribution in [0, 0.1) is 0 Å². The van der Waals surface area contributed by atoms with Gasteiger partial charge in [-0.1, -0.05) is 84.2 Å². The molecule has 2 heterocycles. The average Bonchev–Trinajstić information content (AvgIpc) is 3.17. The molecule has 6 heteroatoms. The van der Waals surface area contributed by atoms with Gasteiger partial charge in [-0.05, 0) is 11.1 Å². The molecule has 4 rings (SSSR count). The highest BCUT2D eigenvalue weighted by molar-refractivity contribution is 7.99. The maximum Gasteiger partial charge on any atom is 0.146 e. The van der Waals surface area contributed by atoms with Crippen molar-refractivity contribution in [2.24, 2.45) is 0 Å². The first-order valence-electron chi connectivity index (χ1n) is 7.83. The van der Waals surface area contributed by atoms with Crippen molar-refractivity contribution in [1.29, 1.82) is 0 Å². The third kappa shape index (κ3) is 4.03. The summed E-state index contributed by atoms with van der Waals surface area (Å²) < 4.78 is 1.13. The van der Waals surface area contributed by atoms with Crippen LogP contribution in [-0.2, 0) is 11.5 Å². The Bertz CT molecular complexity index is 878. The van der Waals surface area contributed by atoms with Crippen molar-refractivity contribution in [2.45, 2.75) is 21.6 Å². The largest absolute Gasteiger partial charge is 0.242 e. The molecule has 25 heavy (non-hydrogen) atoms. The fourth-order valence-corrected chi connectivity index (χ4v) is 5.14. The third-order valence-corrected chi connectivity index (χ3v) is 6.66. The van der Waals surface area contributed by atoms with Gasteiger partial charge in [-0.2, -0.15) is 0 Å². The Hall–Kier alpha value is -1.89. The lowest BCUT2D eigenvalue weighted by molar-refractivity contribution is 0.883. The second-order valence-electron chi connectivity index (χ2n) is 5.39. The summed E-state index contributed by atoms with van der Waals surface area (Å²) in [6.07, 6.45) is 0. The zero-order valence-corrected chi connectivity index (χ0v) is 15.8. The van der Waals surface area contributed by atoms with Crippen LogP contribution in [0.5, 0.6) is 0 Å². The van der Waals surface area contributed by atoms with E-state index in [0.717, 1.165) is 31.8 Å². The van der Waals surface area contributed by atoms with Gasteiger partial charge in [-0.15, -0.1) is 21.5 Å². The number of rotatable bonds is 6. The fourth-order valence-electron chi connectivity index (χ4n) is 2.38. The molecule has 0 unspecified atom stereocenters. The lowest BCUT2D eigenvalue weighted by Crippen LogP contribution is -1.92. The van der Waals surface area contributed by atoms with E-state index < -0.39 is 0 Å². The number of hydrogen-bond acceptors (Lipinski definition) is 6. The first kappa shape index (κ1) is 16.6. The summed E-state index contributed by atoms with van der Waals surface area (Å²) in [5.74, 6) is 1.76. The summed E-state index contributed by atoms with van der Waals surface area (Å²) in [5.41, 5.74) is 5.42. The molecule has 0 aliphatic rings. The number of hydrogen-bond donors (Lipinski definition) is 0. The van der Waals surface area contributed by atoms with Gasteiger partial charge in [-0.3, -0.25) is 0 Å². The number of aromatic nitrogens is 3. The first-order chi connectivity index (χ1) is 12.4. The predicted molar refractivity (Wildman–Crippen MR) is 107 cm³/mol. The number of nitrogens with zero attached hydrogens (tertiary/aromatic N) is 3. The monoisotopic (exact) mass is 381 g/mol. The lowest BCUT2D eigenvalue weighted by Gasteiger charge is -2.05. The normalized spacial score (nSPS) is 11.0. The van der Waals surface area contributed by atoms with Crippen LogP contribution in [0.3, 0.4) is 0 Å². The first-order valence-corrected chi connectivity index (χ1v) is 10.7. The van der Waals surface area contributed by atoms with Gasteiger partial charge in [0.05, 0.1) is 10.2 Å². The molecule has 0 radical (unpaired) electrons. The highest BCUT2D eigenvalue weighted by atomic mass is 32.2. The standard InChI is InChI=1S/C19H15N3S3/c1-3-7-14(8-4-1)11-23-18-16-17(25-13-20-16)19(22-21-18)24-12-15-9-5-2-6-10-15/h1-10,13H,11-12H2. The van der Waals surface area contributed by atoms with Crippen LogP contribution in [-0.4, -0.2) is 15.2 Å². The molecule has 0 saturated heterocycles. The van der Waals surface area contributed by atoms with Crippen LogP contribution in [0.1, 0.15) is 11.1 Å². The van der Waals surface area contributed by atoms with E-state index in [1.54, 1.807) is 34.9 Å². The van der Waals surface area contributed by atoms with E-state index in [4.69, 9.17) is 0 Å². The van der Waals surface area contributed by atoms with Gasteiger partial charge in [0.15, 0.2) is 0 Å². The van der Waals surface area contributed by atoms with Crippen molar-refractivity contribution in [2.75, 3.05) is 0 Å². The highest BCUT2D eigenvalue weighted by Gasteiger charge is 2.13. The van der Waals surface area contributed by atoms with Crippen LogP contribution in [0.2, 0.25) is 0 Å². The van der Waals surface area contributed by atoms with Crippen molar-refractivity contribution in [1.82, 2.24) is 15.2 Å². The van der Waals surface area contributed by atoms with Gasteiger partial charge in [0.1, 0.15) is 15.6 Å². The Morgan fingerprint density at radius 2 is 1.28 bits per heavy atom. The summed E-state index contributed by atoms with van der Waals surface area (Å²) >= 11 is 5.05. The van der Waals surface area contributed by atoms with Gasteiger partial charge in [0.2, 0.25) is 0 Å². The zero-order valence-electron chi connectivity index (χ0n) is 13.3. The van der Waals surface area contributed by atoms with Crippen LogP contribution >= 0.6 is 34.9 Å². The third-order valence-electron chi connectivity index (χ3n) is 3.63. The van der Waals surface area contributed by atoms with Crippen LogP contribution in [0.15, 0.2) is 76.2 Å². The minimum atomic E-state index is 0.874. The number of benzene rings is 2. The van der Waals surface area contributed by atoms with Gasteiger partial charge in [0.25, 0.3) is 0 Å². The van der Waals surface area contributed by atoms with Crippen molar-refractivity contribution in [3.8, 4) is 0 Å². The minimum absolute atomic E-state index is 0.874. The Morgan fingerprint density at radius 3 is 1.92 bits per heavy atom. The van der Waals surface area contributed by atoms with E-state index in [1.165, 1.54) is 11.1 Å². The fraction of sp³-hybridized carbons (Fsp3) is 0.105. The Labute approximate surface area is 158 Å². The summed E-state index contributed by atoms with van der Waals surface area (Å²) in [6, 6.07) is 20.8. The van der Waals surface area contributed by atoms with Crippen LogP contribution in [0.25, 0.3) is 10.2 Å². The van der Waals surface area contributed by atoms with Crippen molar-refractivity contribution >= 4 is 45.1 Å². The predicted octanol–water partition coefficient (Wildman–Crippen LogP) is 5.67. The Balaban J connectivity index is 1.52. The molecule has 0 atom stereocenters. The molecule has 0 bridgehead atoms. The molecule has 0 amide bonds. The molecule has 2 aromatic heterocycles. The molecule has 0 aliphatic carbocycles. The van der Waals surface area contributed by atoms with E-state index in [-0.39, 0.29) is 0 Å². The molecule has 0 N–H and O–H groups in total. The van der Waals surface area contributed by atoms with Gasteiger partial charge in [-0.25, -0.2) is 4.98 Å². The van der Waals surface area contributed by atoms with Crippen molar-refractivity contribution in [3.63, 3.8) is 0 Å². The zero-order chi connectivity index (χ0) is 16.9. The van der Waals surface area contributed by atoms with Gasteiger partial charge < -0.3 is 0 Å². The lowest BCUT2D eigenvalue weighted by atomic mass is 10.2. The smallest absolute Gasteiger partial charge is 0.146 e. The molecule has 0 saturated carbocycles. The molecular formula is C19H15N3S3. The van der Waals surface area contributed by atoms with E-state index >= 15 is 0 Å². The molecule has 0 aliphatic heterocycles. The topological polar surface area (TPSA) is 38.7 Å². The van der Waals surface area contributed by atoms with Crippen LogP contribution in [0.4, 0.5) is 0 Å².